The van der Waals surface area contributed by atoms with Crippen molar-refractivity contribution in [1.29, 1.82) is 0 Å². The SMILES string of the molecule is COc1ccc(OC)c(NC(=O)NCCC2=CCCCC2)c1. The van der Waals surface area contributed by atoms with Gasteiger partial charge in [-0.1, -0.05) is 11.6 Å². The number of carbonyl (C=O) groups excluding carboxylic acids is 1. The monoisotopic (exact) mass is 304 g/mol. The topological polar surface area (TPSA) is 59.6 Å². The lowest BCUT2D eigenvalue weighted by Crippen LogP contribution is -2.30. The van der Waals surface area contributed by atoms with E-state index in [4.69, 9.17) is 9.47 Å². The molecule has 1 aliphatic rings. The van der Waals surface area contributed by atoms with Crippen molar-refractivity contribution >= 4 is 11.7 Å². The average molecular weight is 304 g/mol. The number of hydrogen-bond donors (Lipinski definition) is 2. The van der Waals surface area contributed by atoms with Crippen LogP contribution in [0.1, 0.15) is 32.1 Å². The molecule has 0 heterocycles. The first-order valence-electron chi connectivity index (χ1n) is 7.67. The molecular formula is C17H24N2O3. The Morgan fingerprint density at radius 3 is 2.77 bits per heavy atom. The van der Waals surface area contributed by atoms with Gasteiger partial charge in [0.05, 0.1) is 19.9 Å². The van der Waals surface area contributed by atoms with Crippen LogP contribution in [0.4, 0.5) is 10.5 Å². The highest BCUT2D eigenvalue weighted by Crippen LogP contribution is 2.28. The number of nitrogens with one attached hydrogen (secondary N) is 2. The van der Waals surface area contributed by atoms with Crippen LogP contribution in [0.15, 0.2) is 29.8 Å². The van der Waals surface area contributed by atoms with Gasteiger partial charge in [0.1, 0.15) is 11.5 Å². The van der Waals surface area contributed by atoms with Crippen LogP contribution < -0.4 is 20.1 Å². The summed E-state index contributed by atoms with van der Waals surface area (Å²) in [6.45, 7) is 0.643. The van der Waals surface area contributed by atoms with Crippen molar-refractivity contribution in [3.05, 3.63) is 29.8 Å². The van der Waals surface area contributed by atoms with Crippen molar-refractivity contribution in [2.45, 2.75) is 32.1 Å². The zero-order valence-corrected chi connectivity index (χ0v) is 13.3. The van der Waals surface area contributed by atoms with E-state index in [0.29, 0.717) is 23.7 Å². The maximum atomic E-state index is 12.0. The molecule has 0 spiro atoms. The summed E-state index contributed by atoms with van der Waals surface area (Å²) in [7, 11) is 3.16. The quantitative estimate of drug-likeness (QED) is 0.788. The van der Waals surface area contributed by atoms with E-state index >= 15 is 0 Å². The molecule has 0 bridgehead atoms. The van der Waals surface area contributed by atoms with Gasteiger partial charge in [0, 0.05) is 12.6 Å². The first-order valence-corrected chi connectivity index (χ1v) is 7.67. The number of allylic oxidation sites excluding steroid dienone is 1. The molecule has 0 fully saturated rings. The van der Waals surface area contributed by atoms with Crippen molar-refractivity contribution in [3.8, 4) is 11.5 Å². The largest absolute Gasteiger partial charge is 0.497 e. The van der Waals surface area contributed by atoms with E-state index < -0.39 is 0 Å². The predicted octanol–water partition coefficient (Wildman–Crippen LogP) is 3.72. The molecule has 1 aliphatic carbocycles. The van der Waals surface area contributed by atoms with E-state index in [0.717, 1.165) is 12.8 Å². The van der Waals surface area contributed by atoms with Gasteiger partial charge in [0.15, 0.2) is 0 Å². The zero-order chi connectivity index (χ0) is 15.8. The van der Waals surface area contributed by atoms with Crippen molar-refractivity contribution in [2.24, 2.45) is 0 Å². The van der Waals surface area contributed by atoms with Crippen LogP contribution in [-0.4, -0.2) is 26.8 Å². The summed E-state index contributed by atoms with van der Waals surface area (Å²) in [4.78, 5) is 12.0. The molecular weight excluding hydrogens is 280 g/mol. The molecule has 22 heavy (non-hydrogen) atoms. The maximum absolute atomic E-state index is 12.0. The van der Waals surface area contributed by atoms with E-state index in [1.807, 2.05) is 0 Å². The number of anilines is 1. The van der Waals surface area contributed by atoms with Gasteiger partial charge in [-0.15, -0.1) is 0 Å². The standard InChI is InChI=1S/C17H24N2O3/c1-21-14-8-9-16(22-2)15(12-14)19-17(20)18-11-10-13-6-4-3-5-7-13/h6,8-9,12H,3-5,7,10-11H2,1-2H3,(H2,18,19,20). The lowest BCUT2D eigenvalue weighted by atomic mass is 9.97. The Balaban J connectivity index is 1.84. The number of amides is 2. The molecule has 1 aromatic carbocycles. The molecule has 0 saturated heterocycles. The van der Waals surface area contributed by atoms with E-state index in [2.05, 4.69) is 16.7 Å². The van der Waals surface area contributed by atoms with E-state index in [-0.39, 0.29) is 6.03 Å². The van der Waals surface area contributed by atoms with Crippen LogP contribution in [0.3, 0.4) is 0 Å². The smallest absolute Gasteiger partial charge is 0.319 e. The lowest BCUT2D eigenvalue weighted by molar-refractivity contribution is 0.252. The Bertz CT molecular complexity index is 541. The van der Waals surface area contributed by atoms with Crippen molar-refractivity contribution in [3.63, 3.8) is 0 Å². The van der Waals surface area contributed by atoms with E-state index in [1.165, 1.54) is 24.8 Å². The van der Waals surface area contributed by atoms with Crippen molar-refractivity contribution in [1.82, 2.24) is 5.32 Å². The summed E-state index contributed by atoms with van der Waals surface area (Å²) < 4.78 is 10.4. The van der Waals surface area contributed by atoms with Crippen molar-refractivity contribution in [2.75, 3.05) is 26.1 Å². The molecule has 120 valence electrons. The Hall–Kier alpha value is -2.17. The summed E-state index contributed by atoms with van der Waals surface area (Å²) in [5.74, 6) is 1.27. The molecule has 0 unspecified atom stereocenters. The van der Waals surface area contributed by atoms with Gasteiger partial charge in [-0.25, -0.2) is 4.79 Å². The molecule has 0 radical (unpaired) electrons. The Kier molecular flexibility index (Phi) is 6.13. The minimum Gasteiger partial charge on any atom is -0.497 e. The van der Waals surface area contributed by atoms with Crippen LogP contribution in [-0.2, 0) is 0 Å². The second-order valence-electron chi connectivity index (χ2n) is 5.31. The summed E-state index contributed by atoms with van der Waals surface area (Å²) >= 11 is 0. The number of urea groups is 1. The Morgan fingerprint density at radius 1 is 1.23 bits per heavy atom. The third-order valence-electron chi connectivity index (χ3n) is 3.77. The Labute approximate surface area is 131 Å². The minimum absolute atomic E-state index is 0.233. The molecule has 1 aromatic rings. The van der Waals surface area contributed by atoms with Gasteiger partial charge in [-0.05, 0) is 44.2 Å². The number of ether oxygens (including phenoxy) is 2. The normalized spacial score (nSPS) is 14.0. The number of methoxy groups -OCH3 is 2. The molecule has 5 heteroatoms. The van der Waals surface area contributed by atoms with Crippen LogP contribution in [0.2, 0.25) is 0 Å². The summed E-state index contributed by atoms with van der Waals surface area (Å²) in [5, 5.41) is 5.68. The molecule has 0 atom stereocenters. The molecule has 2 amide bonds. The van der Waals surface area contributed by atoms with Crippen LogP contribution in [0.5, 0.6) is 11.5 Å². The van der Waals surface area contributed by atoms with Crippen LogP contribution >= 0.6 is 0 Å². The first kappa shape index (κ1) is 16.2. The highest BCUT2D eigenvalue weighted by molar-refractivity contribution is 5.91. The van der Waals surface area contributed by atoms with Gasteiger partial charge >= 0.3 is 6.03 Å². The second kappa shape index (κ2) is 8.32. The van der Waals surface area contributed by atoms with E-state index in [1.54, 1.807) is 32.4 Å². The fourth-order valence-electron chi connectivity index (χ4n) is 2.55. The molecule has 0 aromatic heterocycles. The lowest BCUT2D eigenvalue weighted by Gasteiger charge is -2.14. The summed E-state index contributed by atoms with van der Waals surface area (Å²) in [5.41, 5.74) is 2.04. The van der Waals surface area contributed by atoms with Gasteiger partial charge in [-0.2, -0.15) is 0 Å². The second-order valence-corrected chi connectivity index (χ2v) is 5.31. The highest BCUT2D eigenvalue weighted by atomic mass is 16.5. The number of hydrogen-bond acceptors (Lipinski definition) is 3. The summed E-state index contributed by atoms with van der Waals surface area (Å²) in [6.07, 6.45) is 8.10. The fraction of sp³-hybridized carbons (Fsp3) is 0.471. The number of rotatable bonds is 6. The Morgan fingerprint density at radius 2 is 2.09 bits per heavy atom. The molecule has 2 N–H and O–H groups in total. The summed E-state index contributed by atoms with van der Waals surface area (Å²) in [6, 6.07) is 5.06. The molecule has 2 rings (SSSR count). The average Bonchev–Trinajstić information content (AvgIpc) is 2.55. The van der Waals surface area contributed by atoms with Gasteiger partial charge in [0.2, 0.25) is 0 Å². The fourth-order valence-corrected chi connectivity index (χ4v) is 2.55. The highest BCUT2D eigenvalue weighted by Gasteiger charge is 2.09. The molecule has 0 aliphatic heterocycles. The third kappa shape index (κ3) is 4.69. The van der Waals surface area contributed by atoms with Gasteiger partial charge in [-0.3, -0.25) is 0 Å². The molecule has 0 saturated carbocycles. The first-order chi connectivity index (χ1) is 10.7. The van der Waals surface area contributed by atoms with Crippen LogP contribution in [0.25, 0.3) is 0 Å². The van der Waals surface area contributed by atoms with Gasteiger partial charge < -0.3 is 20.1 Å². The minimum atomic E-state index is -0.233. The van der Waals surface area contributed by atoms with E-state index in [9.17, 15) is 4.79 Å². The van der Waals surface area contributed by atoms with Crippen LogP contribution in [0, 0.1) is 0 Å². The third-order valence-corrected chi connectivity index (χ3v) is 3.77. The van der Waals surface area contributed by atoms with Gasteiger partial charge in [0.25, 0.3) is 0 Å². The van der Waals surface area contributed by atoms with Crippen molar-refractivity contribution < 1.29 is 14.3 Å². The maximum Gasteiger partial charge on any atom is 0.319 e. The number of carbonyl (C=O) groups is 1. The molecule has 5 nitrogen and oxygen atoms in total. The predicted molar refractivity (Wildman–Crippen MR) is 87.7 cm³/mol. The number of benzene rings is 1. The zero-order valence-electron chi connectivity index (χ0n) is 13.3.